The van der Waals surface area contributed by atoms with Crippen molar-refractivity contribution >= 4 is 17.5 Å². The molecule has 1 aliphatic rings. The molecule has 0 amide bonds. The topological polar surface area (TPSA) is 89.3 Å². The Kier molecular flexibility index (Phi) is 4.33. The molecule has 1 aromatic rings. The average molecular weight is 286 g/mol. The van der Waals surface area contributed by atoms with E-state index in [4.69, 9.17) is 9.47 Å². The lowest BCUT2D eigenvalue weighted by atomic mass is 10.0. The highest BCUT2D eigenvalue weighted by Gasteiger charge is 2.41. The van der Waals surface area contributed by atoms with Gasteiger partial charge in [0.2, 0.25) is 0 Å². The van der Waals surface area contributed by atoms with Gasteiger partial charge < -0.3 is 9.47 Å². The van der Waals surface area contributed by atoms with Crippen molar-refractivity contribution in [2.45, 2.75) is 19.8 Å². The predicted octanol–water partition coefficient (Wildman–Crippen LogP) is 1.58. The van der Waals surface area contributed by atoms with Crippen LogP contribution in [0.4, 0.5) is 0 Å². The molecule has 1 aromatic heterocycles. The van der Waals surface area contributed by atoms with Gasteiger partial charge in [-0.25, -0.2) is 4.79 Å². The molecule has 1 aliphatic carbocycles. The number of carbonyl (C=O) groups excluding carboxylic acids is 2. The molecular formula is C15H14N2O4. The normalized spacial score (nSPS) is 16.1. The van der Waals surface area contributed by atoms with Crippen molar-refractivity contribution < 1.29 is 19.1 Å². The molecule has 6 heteroatoms. The molecule has 0 fully saturated rings. The van der Waals surface area contributed by atoms with E-state index < -0.39 is 17.9 Å². The molecule has 0 aromatic carbocycles. The molecule has 0 saturated heterocycles. The lowest BCUT2D eigenvalue weighted by Gasteiger charge is -2.09. The Morgan fingerprint density at radius 1 is 1.33 bits per heavy atom. The Morgan fingerprint density at radius 2 is 2.05 bits per heavy atom. The molecule has 1 atom stereocenters. The van der Waals surface area contributed by atoms with Gasteiger partial charge in [0.25, 0.3) is 0 Å². The summed E-state index contributed by atoms with van der Waals surface area (Å²) >= 11 is 0. The van der Waals surface area contributed by atoms with E-state index in [-0.39, 0.29) is 24.4 Å². The maximum atomic E-state index is 12.1. The molecule has 0 N–H and O–H groups in total. The van der Waals surface area contributed by atoms with Crippen molar-refractivity contribution in [2.75, 3.05) is 13.2 Å². The first-order chi connectivity index (χ1) is 10.2. The van der Waals surface area contributed by atoms with Gasteiger partial charge in [-0.05, 0) is 19.9 Å². The largest absolute Gasteiger partial charge is 0.465 e. The van der Waals surface area contributed by atoms with Gasteiger partial charge in [-0.3, -0.25) is 9.78 Å². The van der Waals surface area contributed by atoms with E-state index in [1.54, 1.807) is 26.0 Å². The first-order valence-electron chi connectivity index (χ1n) is 6.58. The molecule has 0 unspecified atom stereocenters. The Balaban J connectivity index is 2.59. The number of fused-ring (bicyclic) bond motifs is 1. The molecule has 108 valence electrons. The summed E-state index contributed by atoms with van der Waals surface area (Å²) in [4.78, 5) is 28.3. The number of carbonyl (C=O) groups is 2. The van der Waals surface area contributed by atoms with Crippen molar-refractivity contribution in [1.29, 1.82) is 5.26 Å². The highest BCUT2D eigenvalue weighted by Crippen LogP contribution is 2.41. The molecule has 0 saturated carbocycles. The predicted molar refractivity (Wildman–Crippen MR) is 72.8 cm³/mol. The van der Waals surface area contributed by atoms with Crippen LogP contribution in [0, 0.1) is 11.3 Å². The maximum absolute atomic E-state index is 12.1. The number of rotatable bonds is 4. The van der Waals surface area contributed by atoms with Gasteiger partial charge in [-0.1, -0.05) is 6.07 Å². The summed E-state index contributed by atoms with van der Waals surface area (Å²) in [5.41, 5.74) is 0.933. The fraction of sp³-hybridized carbons (Fsp3) is 0.333. The summed E-state index contributed by atoms with van der Waals surface area (Å²) < 4.78 is 9.96. The van der Waals surface area contributed by atoms with Crippen molar-refractivity contribution in [3.63, 3.8) is 0 Å². The third kappa shape index (κ3) is 2.50. The van der Waals surface area contributed by atoms with Crippen LogP contribution in [0.25, 0.3) is 5.57 Å². The van der Waals surface area contributed by atoms with Crippen LogP contribution in [0.2, 0.25) is 0 Å². The standard InChI is InChI=1S/C15H14N2O4/c1-3-20-14(18)11-9-6-5-7-17-13(9)12(10(11)8-16)15(19)21-4-2/h5-7,12H,3-4H2,1-2H3/t12-/m1/s1. The minimum atomic E-state index is -0.967. The number of nitrogens with zero attached hydrogens (tertiary/aromatic N) is 2. The first kappa shape index (κ1) is 14.7. The molecular weight excluding hydrogens is 272 g/mol. The second-order valence-corrected chi connectivity index (χ2v) is 4.24. The van der Waals surface area contributed by atoms with Crippen LogP contribution >= 0.6 is 0 Å². The van der Waals surface area contributed by atoms with E-state index in [2.05, 4.69) is 4.98 Å². The zero-order chi connectivity index (χ0) is 15.4. The lowest BCUT2D eigenvalue weighted by molar-refractivity contribution is -0.143. The lowest BCUT2D eigenvalue weighted by Crippen LogP contribution is -2.17. The van der Waals surface area contributed by atoms with Crippen LogP contribution in [0.5, 0.6) is 0 Å². The molecule has 0 spiro atoms. The van der Waals surface area contributed by atoms with Gasteiger partial charge in [0.15, 0.2) is 0 Å². The number of nitriles is 1. The Bertz CT molecular complexity index is 658. The van der Waals surface area contributed by atoms with Crippen molar-refractivity contribution in [3.8, 4) is 6.07 Å². The van der Waals surface area contributed by atoms with E-state index in [0.29, 0.717) is 11.3 Å². The molecule has 2 rings (SSSR count). The van der Waals surface area contributed by atoms with Crippen molar-refractivity contribution in [3.05, 3.63) is 35.2 Å². The summed E-state index contributed by atoms with van der Waals surface area (Å²) in [6, 6.07) is 5.21. The number of esters is 2. The van der Waals surface area contributed by atoms with Gasteiger partial charge in [0.1, 0.15) is 5.92 Å². The van der Waals surface area contributed by atoms with Gasteiger partial charge >= 0.3 is 11.9 Å². The second-order valence-electron chi connectivity index (χ2n) is 4.24. The van der Waals surface area contributed by atoms with Crippen molar-refractivity contribution in [2.24, 2.45) is 0 Å². The molecule has 0 radical (unpaired) electrons. The molecule has 21 heavy (non-hydrogen) atoms. The van der Waals surface area contributed by atoms with Crippen LogP contribution in [-0.4, -0.2) is 30.1 Å². The minimum absolute atomic E-state index is 0.0283. The molecule has 1 heterocycles. The summed E-state index contributed by atoms with van der Waals surface area (Å²) in [6.07, 6.45) is 1.51. The van der Waals surface area contributed by atoms with Gasteiger partial charge in [-0.15, -0.1) is 0 Å². The smallest absolute Gasteiger partial charge is 0.339 e. The Morgan fingerprint density at radius 3 is 2.67 bits per heavy atom. The number of hydrogen-bond donors (Lipinski definition) is 0. The highest BCUT2D eigenvalue weighted by atomic mass is 16.5. The number of hydrogen-bond acceptors (Lipinski definition) is 6. The quantitative estimate of drug-likeness (QED) is 0.781. The van der Waals surface area contributed by atoms with E-state index in [1.807, 2.05) is 6.07 Å². The number of pyridine rings is 1. The molecule has 0 aliphatic heterocycles. The number of aromatic nitrogens is 1. The van der Waals surface area contributed by atoms with E-state index in [0.717, 1.165) is 0 Å². The molecule has 6 nitrogen and oxygen atoms in total. The first-order valence-corrected chi connectivity index (χ1v) is 6.58. The maximum Gasteiger partial charge on any atom is 0.339 e. The zero-order valence-corrected chi connectivity index (χ0v) is 11.8. The van der Waals surface area contributed by atoms with Crippen molar-refractivity contribution in [1.82, 2.24) is 4.98 Å². The van der Waals surface area contributed by atoms with Gasteiger partial charge in [0, 0.05) is 11.8 Å². The summed E-state index contributed by atoms with van der Waals surface area (Å²) in [5.74, 6) is -2.19. The monoisotopic (exact) mass is 286 g/mol. The van der Waals surface area contributed by atoms with Crippen LogP contribution < -0.4 is 0 Å². The van der Waals surface area contributed by atoms with E-state index >= 15 is 0 Å². The zero-order valence-electron chi connectivity index (χ0n) is 11.8. The summed E-state index contributed by atoms with van der Waals surface area (Å²) in [7, 11) is 0. The van der Waals surface area contributed by atoms with Crippen LogP contribution in [0.15, 0.2) is 23.9 Å². The van der Waals surface area contributed by atoms with Crippen LogP contribution in [-0.2, 0) is 19.1 Å². The van der Waals surface area contributed by atoms with Crippen LogP contribution in [0.1, 0.15) is 31.0 Å². The second kappa shape index (κ2) is 6.18. The SMILES string of the molecule is CCOC(=O)C1=C(C#N)[C@@H](C(=O)OCC)c2ncccc21. The minimum Gasteiger partial charge on any atom is -0.465 e. The van der Waals surface area contributed by atoms with Gasteiger partial charge in [0.05, 0.1) is 36.1 Å². The third-order valence-corrected chi connectivity index (χ3v) is 3.06. The Labute approximate surface area is 122 Å². The summed E-state index contributed by atoms with van der Waals surface area (Å²) in [5, 5.41) is 9.36. The fourth-order valence-corrected chi connectivity index (χ4v) is 2.28. The van der Waals surface area contributed by atoms with Crippen LogP contribution in [0.3, 0.4) is 0 Å². The van der Waals surface area contributed by atoms with E-state index in [1.165, 1.54) is 6.20 Å². The number of ether oxygens (including phenoxy) is 2. The average Bonchev–Trinajstić information content (AvgIpc) is 2.82. The highest BCUT2D eigenvalue weighted by molar-refractivity contribution is 6.22. The molecule has 0 bridgehead atoms. The summed E-state index contributed by atoms with van der Waals surface area (Å²) in [6.45, 7) is 3.71. The fourth-order valence-electron chi connectivity index (χ4n) is 2.28. The Hall–Kier alpha value is -2.68. The van der Waals surface area contributed by atoms with Gasteiger partial charge in [-0.2, -0.15) is 5.26 Å². The van der Waals surface area contributed by atoms with E-state index in [9.17, 15) is 14.9 Å². The third-order valence-electron chi connectivity index (χ3n) is 3.06.